The van der Waals surface area contributed by atoms with Crippen LogP contribution in [0.4, 0.5) is 15.9 Å². The van der Waals surface area contributed by atoms with Crippen LogP contribution in [0.2, 0.25) is 0 Å². The minimum absolute atomic E-state index is 0.330. The van der Waals surface area contributed by atoms with Crippen molar-refractivity contribution in [2.45, 2.75) is 24.4 Å². The predicted octanol–water partition coefficient (Wildman–Crippen LogP) is 8.32. The first-order chi connectivity index (χ1) is 19.1. The van der Waals surface area contributed by atoms with Crippen LogP contribution in [0.1, 0.15) is 18.1 Å². The van der Waals surface area contributed by atoms with Crippen molar-refractivity contribution in [3.63, 3.8) is 0 Å². The maximum absolute atomic E-state index is 13.5. The molecule has 1 N–H and O–H groups in total. The molecule has 7 heteroatoms. The molecule has 190 valence electrons. The lowest BCUT2D eigenvalue weighted by Crippen LogP contribution is -2.04. The first-order valence-electron chi connectivity index (χ1n) is 12.7. The van der Waals surface area contributed by atoms with Crippen molar-refractivity contribution in [3.8, 4) is 17.3 Å². The molecule has 0 saturated carbocycles. The van der Waals surface area contributed by atoms with Gasteiger partial charge in [-0.1, -0.05) is 66.4 Å². The molecule has 0 unspecified atom stereocenters. The van der Waals surface area contributed by atoms with Gasteiger partial charge in [0.05, 0.1) is 5.69 Å². The van der Waals surface area contributed by atoms with Crippen molar-refractivity contribution < 1.29 is 4.39 Å². The third-order valence-electron chi connectivity index (χ3n) is 6.68. The average molecular weight is 530 g/mol. The van der Waals surface area contributed by atoms with E-state index in [4.69, 9.17) is 9.97 Å². The summed E-state index contributed by atoms with van der Waals surface area (Å²) in [6, 6.07) is 33.0. The lowest BCUT2D eigenvalue weighted by Gasteiger charge is -2.13. The van der Waals surface area contributed by atoms with Crippen molar-refractivity contribution in [3.05, 3.63) is 114 Å². The number of aromatic nitrogens is 3. The highest BCUT2D eigenvalue weighted by Crippen LogP contribution is 2.36. The molecule has 0 saturated heterocycles. The summed E-state index contributed by atoms with van der Waals surface area (Å²) in [7, 11) is 0. The molecule has 0 radical (unpaired) electrons. The average Bonchev–Trinajstić information content (AvgIpc) is 3.30. The van der Waals surface area contributed by atoms with Gasteiger partial charge in [-0.15, -0.1) is 0 Å². The Morgan fingerprint density at radius 2 is 1.62 bits per heavy atom. The van der Waals surface area contributed by atoms with E-state index in [1.54, 1.807) is 12.1 Å². The van der Waals surface area contributed by atoms with Gasteiger partial charge in [0.1, 0.15) is 17.4 Å². The number of thioether (sulfide) groups is 1. The van der Waals surface area contributed by atoms with E-state index < -0.39 is 0 Å². The molecule has 2 aromatic heterocycles. The Bertz CT molecular complexity index is 1840. The lowest BCUT2D eigenvalue weighted by atomic mass is 10.0. The van der Waals surface area contributed by atoms with Gasteiger partial charge in [0.15, 0.2) is 11.0 Å². The highest BCUT2D eigenvalue weighted by atomic mass is 32.2. The summed E-state index contributed by atoms with van der Waals surface area (Å²) in [5.41, 5.74) is 5.83. The summed E-state index contributed by atoms with van der Waals surface area (Å²) in [5.74, 6) is 0.745. The number of halogens is 1. The van der Waals surface area contributed by atoms with Crippen LogP contribution in [0, 0.1) is 17.1 Å². The number of para-hydroxylation sites is 1. The number of nitriles is 1. The van der Waals surface area contributed by atoms with E-state index in [2.05, 4.69) is 65.3 Å². The van der Waals surface area contributed by atoms with Crippen LogP contribution in [0.15, 0.2) is 102 Å². The zero-order valence-electron chi connectivity index (χ0n) is 21.2. The molecule has 0 aliphatic carbocycles. The first kappa shape index (κ1) is 24.7. The first-order valence-corrected chi connectivity index (χ1v) is 13.7. The van der Waals surface area contributed by atoms with Crippen LogP contribution >= 0.6 is 11.8 Å². The van der Waals surface area contributed by atoms with E-state index in [1.807, 2.05) is 30.3 Å². The molecular formula is C32H24FN5S. The standard InChI is InChI=1S/C32H24FN5S/c1-2-38-28-11-7-6-10-25(28)26-18-22(12-17-29(26)38)30-27(19-34)31(35-24-15-13-23(33)14-16-24)37-32(36-30)39-20-21-8-4-3-5-9-21/h3-18H,2,20H2,1H3,(H,35,36,37). The fourth-order valence-corrected chi connectivity index (χ4v) is 5.64. The maximum atomic E-state index is 13.5. The Morgan fingerprint density at radius 1 is 0.872 bits per heavy atom. The van der Waals surface area contributed by atoms with Gasteiger partial charge in [0.2, 0.25) is 0 Å². The van der Waals surface area contributed by atoms with E-state index in [0.29, 0.717) is 33.7 Å². The van der Waals surface area contributed by atoms with Gasteiger partial charge in [0, 0.05) is 45.4 Å². The minimum Gasteiger partial charge on any atom is -0.341 e. The number of nitrogens with one attached hydrogen (secondary N) is 1. The SMILES string of the molecule is CCn1c2ccccc2c2cc(-c3nc(SCc4ccccc4)nc(Nc4ccc(F)cc4)c3C#N)ccc21. The Hall–Kier alpha value is -4.67. The summed E-state index contributed by atoms with van der Waals surface area (Å²) in [5, 5.41) is 16.3. The fraction of sp³-hybridized carbons (Fsp3) is 0.0938. The van der Waals surface area contributed by atoms with Crippen molar-refractivity contribution in [2.24, 2.45) is 0 Å². The number of fused-ring (bicyclic) bond motifs is 3. The minimum atomic E-state index is -0.330. The highest BCUT2D eigenvalue weighted by Gasteiger charge is 2.19. The molecule has 0 atom stereocenters. The van der Waals surface area contributed by atoms with Gasteiger partial charge >= 0.3 is 0 Å². The third kappa shape index (κ3) is 4.83. The van der Waals surface area contributed by atoms with E-state index in [0.717, 1.165) is 34.0 Å². The summed E-state index contributed by atoms with van der Waals surface area (Å²) in [4.78, 5) is 9.59. The summed E-state index contributed by atoms with van der Waals surface area (Å²) < 4.78 is 15.8. The molecular weight excluding hydrogens is 505 g/mol. The topological polar surface area (TPSA) is 66.5 Å². The number of hydrogen-bond acceptors (Lipinski definition) is 5. The molecule has 2 heterocycles. The van der Waals surface area contributed by atoms with E-state index in [1.165, 1.54) is 29.4 Å². The number of anilines is 2. The summed E-state index contributed by atoms with van der Waals surface area (Å²) in [6.45, 7) is 2.99. The second-order valence-electron chi connectivity index (χ2n) is 9.09. The predicted molar refractivity (Wildman–Crippen MR) is 157 cm³/mol. The van der Waals surface area contributed by atoms with E-state index in [-0.39, 0.29) is 5.82 Å². The molecule has 0 aliphatic rings. The molecule has 4 aromatic carbocycles. The van der Waals surface area contributed by atoms with Crippen LogP contribution in [-0.4, -0.2) is 14.5 Å². The van der Waals surface area contributed by atoms with Crippen LogP contribution in [0.25, 0.3) is 33.1 Å². The normalized spacial score (nSPS) is 11.1. The molecule has 0 amide bonds. The number of aryl methyl sites for hydroxylation is 1. The molecule has 39 heavy (non-hydrogen) atoms. The second-order valence-corrected chi connectivity index (χ2v) is 10.0. The van der Waals surface area contributed by atoms with Crippen LogP contribution in [0.5, 0.6) is 0 Å². The van der Waals surface area contributed by atoms with Crippen molar-refractivity contribution in [2.75, 3.05) is 5.32 Å². The Morgan fingerprint density at radius 3 is 2.38 bits per heavy atom. The Labute approximate surface area is 230 Å². The Kier molecular flexibility index (Phi) is 6.70. The number of nitrogens with zero attached hydrogens (tertiary/aromatic N) is 4. The molecule has 0 aliphatic heterocycles. The van der Waals surface area contributed by atoms with Gasteiger partial charge in [-0.25, -0.2) is 14.4 Å². The van der Waals surface area contributed by atoms with Gasteiger partial charge in [-0.2, -0.15) is 5.26 Å². The lowest BCUT2D eigenvalue weighted by molar-refractivity contribution is 0.628. The maximum Gasteiger partial charge on any atom is 0.190 e. The van der Waals surface area contributed by atoms with Gasteiger partial charge in [-0.3, -0.25) is 0 Å². The summed E-state index contributed by atoms with van der Waals surface area (Å²) in [6.07, 6.45) is 0. The zero-order chi connectivity index (χ0) is 26.8. The quantitative estimate of drug-likeness (QED) is 0.166. The zero-order valence-corrected chi connectivity index (χ0v) is 22.0. The van der Waals surface area contributed by atoms with Crippen LogP contribution in [0.3, 0.4) is 0 Å². The number of benzene rings is 4. The van der Waals surface area contributed by atoms with Gasteiger partial charge in [-0.05, 0) is 55.0 Å². The molecule has 6 rings (SSSR count). The van der Waals surface area contributed by atoms with Crippen molar-refractivity contribution in [1.82, 2.24) is 14.5 Å². The summed E-state index contributed by atoms with van der Waals surface area (Å²) >= 11 is 1.51. The molecule has 0 bridgehead atoms. The van der Waals surface area contributed by atoms with Gasteiger partial charge in [0.25, 0.3) is 0 Å². The molecule has 0 fully saturated rings. The van der Waals surface area contributed by atoms with Crippen LogP contribution in [-0.2, 0) is 12.3 Å². The van der Waals surface area contributed by atoms with Gasteiger partial charge < -0.3 is 9.88 Å². The third-order valence-corrected chi connectivity index (χ3v) is 7.60. The van der Waals surface area contributed by atoms with Crippen molar-refractivity contribution >= 4 is 45.1 Å². The monoisotopic (exact) mass is 529 g/mol. The highest BCUT2D eigenvalue weighted by molar-refractivity contribution is 7.98. The number of hydrogen-bond donors (Lipinski definition) is 1. The largest absolute Gasteiger partial charge is 0.341 e. The van der Waals surface area contributed by atoms with E-state index >= 15 is 0 Å². The smallest absolute Gasteiger partial charge is 0.190 e. The fourth-order valence-electron chi connectivity index (χ4n) is 4.84. The van der Waals surface area contributed by atoms with Crippen molar-refractivity contribution in [1.29, 1.82) is 5.26 Å². The van der Waals surface area contributed by atoms with Crippen LogP contribution < -0.4 is 5.32 Å². The molecule has 0 spiro atoms. The molecule has 6 aromatic rings. The molecule has 5 nitrogen and oxygen atoms in total. The second kappa shape index (κ2) is 10.6. The number of rotatable bonds is 7. The van der Waals surface area contributed by atoms with E-state index in [9.17, 15) is 9.65 Å². The Balaban J connectivity index is 1.50.